The minimum absolute atomic E-state index is 0.465. The maximum atomic E-state index is 11.5. The van der Waals surface area contributed by atoms with Crippen molar-refractivity contribution in [3.8, 4) is 17.3 Å². The number of aromatic nitrogens is 4. The Morgan fingerprint density at radius 2 is 1.97 bits per heavy atom. The molecule has 31 heavy (non-hydrogen) atoms. The zero-order valence-electron chi connectivity index (χ0n) is 18.0. The summed E-state index contributed by atoms with van der Waals surface area (Å²) in [5.74, 6) is 1.85. The first kappa shape index (κ1) is 18.6. The predicted molar refractivity (Wildman–Crippen MR) is 120 cm³/mol. The van der Waals surface area contributed by atoms with Crippen molar-refractivity contribution < 1.29 is 9.53 Å². The fourth-order valence-corrected chi connectivity index (χ4v) is 4.62. The monoisotopic (exact) mass is 414 g/mol. The molecule has 4 aromatic rings. The molecule has 2 saturated carbocycles. The molecule has 0 bridgehead atoms. The Hall–Kier alpha value is -3.15. The number of hydrogen-bond acceptors (Lipinski definition) is 4. The number of nitrogens with zero attached hydrogens (tertiary/aromatic N) is 4. The van der Waals surface area contributed by atoms with Gasteiger partial charge in [-0.1, -0.05) is 6.92 Å². The Morgan fingerprint density at radius 3 is 2.65 bits per heavy atom. The van der Waals surface area contributed by atoms with Gasteiger partial charge in [0.1, 0.15) is 23.3 Å². The lowest BCUT2D eigenvalue weighted by Crippen LogP contribution is -2.05. The highest BCUT2D eigenvalue weighted by Gasteiger charge is 2.34. The normalized spacial score (nSPS) is 16.3. The van der Waals surface area contributed by atoms with Crippen LogP contribution in [0.2, 0.25) is 0 Å². The average Bonchev–Trinajstić information content (AvgIpc) is 3.73. The van der Waals surface area contributed by atoms with Crippen LogP contribution in [-0.2, 0) is 13.0 Å². The van der Waals surface area contributed by atoms with Crippen molar-refractivity contribution in [1.29, 1.82) is 0 Å². The number of ether oxygens (including phenoxy) is 1. The molecule has 6 rings (SSSR count). The van der Waals surface area contributed by atoms with Crippen LogP contribution in [0.5, 0.6) is 5.88 Å². The summed E-state index contributed by atoms with van der Waals surface area (Å²) >= 11 is 0. The van der Waals surface area contributed by atoms with Crippen LogP contribution in [0.15, 0.2) is 30.3 Å². The van der Waals surface area contributed by atoms with E-state index in [1.165, 1.54) is 18.5 Å². The SMILES string of the molecule is CCc1ccc2cc(-c3nc4cc(C=O)cc(OC)n4c3C3CC3)n(CC3CC3)c2n1. The van der Waals surface area contributed by atoms with Crippen molar-refractivity contribution >= 4 is 23.0 Å². The lowest BCUT2D eigenvalue weighted by atomic mass is 10.1. The molecule has 0 unspecified atom stereocenters. The molecule has 0 spiro atoms. The zero-order chi connectivity index (χ0) is 21.1. The summed E-state index contributed by atoms with van der Waals surface area (Å²) in [4.78, 5) is 21.5. The summed E-state index contributed by atoms with van der Waals surface area (Å²) in [5, 5.41) is 1.16. The van der Waals surface area contributed by atoms with Gasteiger partial charge < -0.3 is 9.30 Å². The second-order valence-corrected chi connectivity index (χ2v) is 8.91. The van der Waals surface area contributed by atoms with E-state index in [2.05, 4.69) is 34.1 Å². The predicted octanol–water partition coefficient (Wildman–Crippen LogP) is 5.02. The molecule has 0 saturated heterocycles. The fraction of sp³-hybridized carbons (Fsp3) is 0.400. The van der Waals surface area contributed by atoms with Crippen LogP contribution >= 0.6 is 0 Å². The van der Waals surface area contributed by atoms with E-state index in [0.29, 0.717) is 17.4 Å². The van der Waals surface area contributed by atoms with E-state index in [1.54, 1.807) is 13.2 Å². The van der Waals surface area contributed by atoms with E-state index in [-0.39, 0.29) is 0 Å². The van der Waals surface area contributed by atoms with Gasteiger partial charge in [-0.25, -0.2) is 9.97 Å². The number of pyridine rings is 2. The summed E-state index contributed by atoms with van der Waals surface area (Å²) in [5.41, 5.74) is 6.84. The molecule has 2 aliphatic rings. The van der Waals surface area contributed by atoms with Crippen molar-refractivity contribution in [2.24, 2.45) is 5.92 Å². The first-order valence-corrected chi connectivity index (χ1v) is 11.2. The van der Waals surface area contributed by atoms with Crippen molar-refractivity contribution in [3.05, 3.63) is 47.3 Å². The lowest BCUT2D eigenvalue weighted by Gasteiger charge is -2.11. The van der Waals surface area contributed by atoms with E-state index < -0.39 is 0 Å². The number of carbonyl (C=O) groups excluding carboxylic acids is 1. The maximum absolute atomic E-state index is 11.5. The van der Waals surface area contributed by atoms with E-state index in [1.807, 2.05) is 6.07 Å². The van der Waals surface area contributed by atoms with E-state index in [4.69, 9.17) is 14.7 Å². The number of methoxy groups -OCH3 is 1. The molecular weight excluding hydrogens is 388 g/mol. The summed E-state index contributed by atoms with van der Waals surface area (Å²) in [7, 11) is 1.65. The summed E-state index contributed by atoms with van der Waals surface area (Å²) < 4.78 is 10.2. The Balaban J connectivity index is 1.64. The van der Waals surface area contributed by atoms with Crippen LogP contribution in [0.3, 0.4) is 0 Å². The number of carbonyl (C=O) groups is 1. The molecule has 0 atom stereocenters. The van der Waals surface area contributed by atoms with Crippen LogP contribution in [0, 0.1) is 5.92 Å². The first-order valence-electron chi connectivity index (χ1n) is 11.2. The van der Waals surface area contributed by atoms with Gasteiger partial charge in [-0.15, -0.1) is 0 Å². The standard InChI is InChI=1S/C25H26N4O2/c1-3-19-9-8-18-12-20(28(25(18)26-19)13-15-4-5-15)23-24(17-6-7-17)29-21(27-23)10-16(14-30)11-22(29)31-2/h8-12,14-15,17H,3-7,13H2,1-2H3. The largest absolute Gasteiger partial charge is 0.482 e. The molecule has 2 aliphatic carbocycles. The molecular formula is C25H26N4O2. The summed E-state index contributed by atoms with van der Waals surface area (Å²) in [6, 6.07) is 10.2. The third kappa shape index (κ3) is 3.04. The van der Waals surface area contributed by atoms with Gasteiger partial charge in [-0.2, -0.15) is 0 Å². The molecule has 0 aromatic carbocycles. The van der Waals surface area contributed by atoms with Crippen LogP contribution in [0.25, 0.3) is 28.1 Å². The van der Waals surface area contributed by atoms with Crippen LogP contribution in [0.4, 0.5) is 0 Å². The second-order valence-electron chi connectivity index (χ2n) is 8.91. The summed E-state index contributed by atoms with van der Waals surface area (Å²) in [6.45, 7) is 3.13. The number of aryl methyl sites for hydroxylation is 1. The quantitative estimate of drug-likeness (QED) is 0.398. The van der Waals surface area contributed by atoms with E-state index >= 15 is 0 Å². The van der Waals surface area contributed by atoms with Gasteiger partial charge in [0.2, 0.25) is 0 Å². The highest BCUT2D eigenvalue weighted by atomic mass is 16.5. The van der Waals surface area contributed by atoms with Gasteiger partial charge in [0.15, 0.2) is 5.88 Å². The fourth-order valence-electron chi connectivity index (χ4n) is 4.62. The number of fused-ring (bicyclic) bond motifs is 2. The molecule has 6 heteroatoms. The molecule has 0 aliphatic heterocycles. The molecule has 6 nitrogen and oxygen atoms in total. The van der Waals surface area contributed by atoms with Crippen molar-refractivity contribution in [3.63, 3.8) is 0 Å². The van der Waals surface area contributed by atoms with Crippen LogP contribution in [-0.4, -0.2) is 32.3 Å². The van der Waals surface area contributed by atoms with Gasteiger partial charge in [0.05, 0.1) is 18.5 Å². The Bertz CT molecular complexity index is 1320. The molecule has 0 amide bonds. The average molecular weight is 415 g/mol. The molecule has 2 fully saturated rings. The third-order valence-corrected chi connectivity index (χ3v) is 6.60. The minimum Gasteiger partial charge on any atom is -0.482 e. The molecule has 0 radical (unpaired) electrons. The topological polar surface area (TPSA) is 61.4 Å². The Kier molecular flexibility index (Phi) is 4.16. The van der Waals surface area contributed by atoms with Gasteiger partial charge >= 0.3 is 0 Å². The highest BCUT2D eigenvalue weighted by Crippen LogP contribution is 2.47. The van der Waals surface area contributed by atoms with E-state index in [0.717, 1.165) is 71.8 Å². The molecule has 0 N–H and O–H groups in total. The lowest BCUT2D eigenvalue weighted by molar-refractivity contribution is 0.112. The van der Waals surface area contributed by atoms with Gasteiger partial charge in [0.25, 0.3) is 0 Å². The smallest absolute Gasteiger partial charge is 0.199 e. The number of imidazole rings is 1. The molecule has 4 aromatic heterocycles. The van der Waals surface area contributed by atoms with Crippen molar-refractivity contribution in [1.82, 2.24) is 18.9 Å². The number of rotatable bonds is 7. The van der Waals surface area contributed by atoms with Gasteiger partial charge in [-0.05, 0) is 62.3 Å². The van der Waals surface area contributed by atoms with E-state index in [9.17, 15) is 4.79 Å². The molecule has 4 heterocycles. The maximum Gasteiger partial charge on any atom is 0.199 e. The summed E-state index contributed by atoms with van der Waals surface area (Å²) in [6.07, 6.45) is 6.65. The van der Waals surface area contributed by atoms with Gasteiger partial charge in [-0.3, -0.25) is 9.20 Å². The van der Waals surface area contributed by atoms with Crippen LogP contribution in [0.1, 0.15) is 60.3 Å². The van der Waals surface area contributed by atoms with Crippen molar-refractivity contribution in [2.45, 2.75) is 51.5 Å². The zero-order valence-corrected chi connectivity index (χ0v) is 18.0. The molecule has 158 valence electrons. The minimum atomic E-state index is 0.465. The third-order valence-electron chi connectivity index (χ3n) is 6.60. The van der Waals surface area contributed by atoms with Crippen molar-refractivity contribution in [2.75, 3.05) is 7.11 Å². The number of hydrogen-bond donors (Lipinski definition) is 0. The second kappa shape index (κ2) is 6.94. The Labute approximate surface area is 180 Å². The first-order chi connectivity index (χ1) is 15.2. The Morgan fingerprint density at radius 1 is 1.13 bits per heavy atom. The van der Waals surface area contributed by atoms with Crippen LogP contribution < -0.4 is 4.74 Å². The highest BCUT2D eigenvalue weighted by molar-refractivity contribution is 5.85. The number of aldehydes is 1. The van der Waals surface area contributed by atoms with Gasteiger partial charge in [0, 0.05) is 35.2 Å².